The van der Waals surface area contributed by atoms with Gasteiger partial charge in [-0.25, -0.2) is 0 Å². The summed E-state index contributed by atoms with van der Waals surface area (Å²) in [4.78, 5) is 11.3. The van der Waals surface area contributed by atoms with Crippen molar-refractivity contribution in [3.63, 3.8) is 0 Å². The van der Waals surface area contributed by atoms with E-state index in [1.807, 2.05) is 31.2 Å². The number of nitrogens with two attached hydrogens (primary N) is 1. The van der Waals surface area contributed by atoms with Gasteiger partial charge in [-0.05, 0) is 42.5 Å². The average Bonchev–Trinajstić information content (AvgIpc) is 2.34. The number of hydrogen-bond acceptors (Lipinski definition) is 3. The molecule has 4 nitrogen and oxygen atoms in total. The molecule has 1 amide bonds. The second-order valence-corrected chi connectivity index (χ2v) is 4.46. The van der Waals surface area contributed by atoms with E-state index in [0.29, 0.717) is 6.42 Å². The number of nitrogens with one attached hydrogen (secondary N) is 2. The second-order valence-electron chi connectivity index (χ2n) is 4.46. The first-order valence-electron chi connectivity index (χ1n) is 6.33. The highest BCUT2D eigenvalue weighted by Gasteiger charge is 2.15. The Morgan fingerprint density at radius 3 is 2.39 bits per heavy atom. The van der Waals surface area contributed by atoms with Gasteiger partial charge in [0.2, 0.25) is 5.91 Å². The predicted molar refractivity (Wildman–Crippen MR) is 73.5 cm³/mol. The van der Waals surface area contributed by atoms with E-state index in [1.165, 1.54) is 12.0 Å². The summed E-state index contributed by atoms with van der Waals surface area (Å²) in [5.41, 5.74) is 7.08. The van der Waals surface area contributed by atoms with Gasteiger partial charge in [-0.3, -0.25) is 10.6 Å². The minimum atomic E-state index is 0.0253. The molecule has 18 heavy (non-hydrogen) atoms. The molecule has 0 aromatic heterocycles. The van der Waals surface area contributed by atoms with E-state index in [4.69, 9.17) is 5.84 Å². The number of benzene rings is 1. The van der Waals surface area contributed by atoms with Crippen LogP contribution in [0, 0.1) is 0 Å². The summed E-state index contributed by atoms with van der Waals surface area (Å²) in [6.45, 7) is 1.83. The van der Waals surface area contributed by atoms with Crippen molar-refractivity contribution in [1.29, 1.82) is 0 Å². The van der Waals surface area contributed by atoms with Gasteiger partial charge in [0.25, 0.3) is 0 Å². The Morgan fingerprint density at radius 2 is 1.94 bits per heavy atom. The van der Waals surface area contributed by atoms with Crippen LogP contribution in [0.2, 0.25) is 0 Å². The zero-order valence-electron chi connectivity index (χ0n) is 10.6. The van der Waals surface area contributed by atoms with Crippen molar-refractivity contribution in [3.05, 3.63) is 35.4 Å². The molecule has 0 atom stereocenters. The smallest absolute Gasteiger partial charge is 0.224 e. The molecule has 0 radical (unpaired) electrons. The summed E-state index contributed by atoms with van der Waals surface area (Å²) in [6.07, 6.45) is 3.97. The molecule has 1 aromatic rings. The molecule has 2 rings (SSSR count). The summed E-state index contributed by atoms with van der Waals surface area (Å²) in [7, 11) is 0. The Hall–Kier alpha value is -1.81. The number of carbonyl (C=O) groups is 1. The zero-order valence-corrected chi connectivity index (χ0v) is 10.6. The Balaban J connectivity index is 2.14. The fraction of sp³-hybridized carbons (Fsp3) is 0.357. The molecule has 0 saturated heterocycles. The molecular weight excluding hydrogens is 226 g/mol. The molecule has 0 heterocycles. The molecule has 96 valence electrons. The number of hydrazine groups is 1. The molecule has 0 spiro atoms. The van der Waals surface area contributed by atoms with Crippen molar-refractivity contribution in [3.8, 4) is 0 Å². The Labute approximate surface area is 107 Å². The van der Waals surface area contributed by atoms with Gasteiger partial charge >= 0.3 is 0 Å². The van der Waals surface area contributed by atoms with Crippen LogP contribution in [-0.2, 0) is 4.79 Å². The van der Waals surface area contributed by atoms with Crippen molar-refractivity contribution in [1.82, 2.24) is 5.43 Å². The van der Waals surface area contributed by atoms with E-state index in [0.717, 1.165) is 29.8 Å². The molecule has 0 aliphatic heterocycles. The minimum Gasteiger partial charge on any atom is -0.326 e. The SMILES string of the molecule is CCC(=O)Nc1ccc(C(NN)=C2CCC2)cc1. The molecule has 1 aromatic carbocycles. The predicted octanol–water partition coefficient (Wildman–Crippen LogP) is 2.39. The number of amides is 1. The van der Waals surface area contributed by atoms with Crippen LogP contribution in [0.3, 0.4) is 0 Å². The van der Waals surface area contributed by atoms with Crippen LogP contribution in [0.15, 0.2) is 29.8 Å². The van der Waals surface area contributed by atoms with Gasteiger partial charge in [-0.1, -0.05) is 19.1 Å². The molecule has 1 aliphatic carbocycles. The maximum Gasteiger partial charge on any atom is 0.224 e. The number of anilines is 1. The van der Waals surface area contributed by atoms with Crippen LogP contribution in [0.5, 0.6) is 0 Å². The van der Waals surface area contributed by atoms with Gasteiger partial charge in [0.05, 0.1) is 5.70 Å². The first kappa shape index (κ1) is 12.6. The van der Waals surface area contributed by atoms with E-state index < -0.39 is 0 Å². The lowest BCUT2D eigenvalue weighted by atomic mass is 9.88. The maximum atomic E-state index is 11.3. The average molecular weight is 245 g/mol. The highest BCUT2D eigenvalue weighted by Crippen LogP contribution is 2.31. The van der Waals surface area contributed by atoms with Crippen LogP contribution in [-0.4, -0.2) is 5.91 Å². The molecule has 0 bridgehead atoms. The minimum absolute atomic E-state index is 0.0253. The largest absolute Gasteiger partial charge is 0.326 e. The van der Waals surface area contributed by atoms with E-state index in [1.54, 1.807) is 0 Å². The Morgan fingerprint density at radius 1 is 1.28 bits per heavy atom. The van der Waals surface area contributed by atoms with Crippen molar-refractivity contribution in [2.75, 3.05) is 5.32 Å². The van der Waals surface area contributed by atoms with Gasteiger partial charge in [-0.2, -0.15) is 0 Å². The summed E-state index contributed by atoms with van der Waals surface area (Å²) < 4.78 is 0. The molecule has 0 unspecified atom stereocenters. The molecular formula is C14H19N3O. The fourth-order valence-electron chi connectivity index (χ4n) is 1.96. The Kier molecular flexibility index (Phi) is 3.99. The number of hydrogen-bond donors (Lipinski definition) is 3. The topological polar surface area (TPSA) is 67.2 Å². The van der Waals surface area contributed by atoms with Crippen molar-refractivity contribution in [2.24, 2.45) is 5.84 Å². The first-order chi connectivity index (χ1) is 8.74. The molecule has 1 saturated carbocycles. The van der Waals surface area contributed by atoms with Crippen molar-refractivity contribution >= 4 is 17.3 Å². The van der Waals surface area contributed by atoms with Crippen LogP contribution >= 0.6 is 0 Å². The summed E-state index contributed by atoms with van der Waals surface area (Å²) in [5, 5.41) is 2.83. The molecule has 4 N–H and O–H groups in total. The van der Waals surface area contributed by atoms with Gasteiger partial charge in [0, 0.05) is 12.1 Å². The Bertz CT molecular complexity index is 456. The molecule has 1 aliphatic rings. The lowest BCUT2D eigenvalue weighted by Gasteiger charge is -2.22. The van der Waals surface area contributed by atoms with Crippen molar-refractivity contribution in [2.45, 2.75) is 32.6 Å². The zero-order chi connectivity index (χ0) is 13.0. The highest BCUT2D eigenvalue weighted by atomic mass is 16.1. The summed E-state index contributed by atoms with van der Waals surface area (Å²) in [5.74, 6) is 5.60. The maximum absolute atomic E-state index is 11.3. The van der Waals surface area contributed by atoms with E-state index in [-0.39, 0.29) is 5.91 Å². The fourth-order valence-corrected chi connectivity index (χ4v) is 1.96. The second kappa shape index (κ2) is 5.69. The van der Waals surface area contributed by atoms with Gasteiger partial charge in [0.1, 0.15) is 0 Å². The van der Waals surface area contributed by atoms with Gasteiger partial charge in [0.15, 0.2) is 0 Å². The summed E-state index contributed by atoms with van der Waals surface area (Å²) >= 11 is 0. The van der Waals surface area contributed by atoms with Crippen LogP contribution in [0.1, 0.15) is 38.2 Å². The number of allylic oxidation sites excluding steroid dienone is 1. The quantitative estimate of drug-likeness (QED) is 0.563. The number of carbonyl (C=O) groups excluding carboxylic acids is 1. The van der Waals surface area contributed by atoms with Crippen LogP contribution in [0.25, 0.3) is 5.70 Å². The standard InChI is InChI=1S/C14H19N3O/c1-2-13(18)16-12-8-6-11(7-9-12)14(17-15)10-4-3-5-10/h6-9,17H,2-5,15H2,1H3,(H,16,18). The highest BCUT2D eigenvalue weighted by molar-refractivity contribution is 5.90. The van der Waals surface area contributed by atoms with Crippen LogP contribution < -0.4 is 16.6 Å². The van der Waals surface area contributed by atoms with E-state index >= 15 is 0 Å². The monoisotopic (exact) mass is 245 g/mol. The van der Waals surface area contributed by atoms with Gasteiger partial charge < -0.3 is 10.7 Å². The molecule has 1 fully saturated rings. The third-order valence-electron chi connectivity index (χ3n) is 3.23. The third kappa shape index (κ3) is 2.71. The summed E-state index contributed by atoms with van der Waals surface area (Å²) in [6, 6.07) is 7.76. The molecule has 4 heteroatoms. The number of rotatable bonds is 4. The van der Waals surface area contributed by atoms with E-state index in [2.05, 4.69) is 10.7 Å². The third-order valence-corrected chi connectivity index (χ3v) is 3.23. The van der Waals surface area contributed by atoms with E-state index in [9.17, 15) is 4.79 Å². The normalized spacial score (nSPS) is 13.8. The van der Waals surface area contributed by atoms with Gasteiger partial charge in [-0.15, -0.1) is 0 Å². The van der Waals surface area contributed by atoms with Crippen molar-refractivity contribution < 1.29 is 4.79 Å². The van der Waals surface area contributed by atoms with Crippen LogP contribution in [0.4, 0.5) is 5.69 Å². The lowest BCUT2D eigenvalue weighted by Crippen LogP contribution is -2.23. The first-order valence-corrected chi connectivity index (χ1v) is 6.33. The lowest BCUT2D eigenvalue weighted by molar-refractivity contribution is -0.115.